The molecular weight excluding hydrogens is 264 g/mol. The van der Waals surface area contributed by atoms with Crippen LogP contribution in [0.5, 0.6) is 0 Å². The van der Waals surface area contributed by atoms with Gasteiger partial charge >= 0.3 is 0 Å². The minimum Gasteiger partial charge on any atom is -0.349 e. The van der Waals surface area contributed by atoms with Crippen molar-refractivity contribution in [3.05, 3.63) is 22.7 Å². The molecular formula is C16H28N4O. The zero-order valence-electron chi connectivity index (χ0n) is 13.7. The van der Waals surface area contributed by atoms with E-state index < -0.39 is 0 Å². The van der Waals surface area contributed by atoms with E-state index in [1.807, 2.05) is 13.8 Å². The molecule has 1 aliphatic rings. The number of anilines is 1. The molecule has 0 aromatic carbocycles. The Morgan fingerprint density at radius 2 is 2.00 bits per heavy atom. The Morgan fingerprint density at radius 1 is 1.33 bits per heavy atom. The first-order valence-electron chi connectivity index (χ1n) is 8.05. The van der Waals surface area contributed by atoms with Gasteiger partial charge in [-0.2, -0.15) is 0 Å². The fourth-order valence-corrected chi connectivity index (χ4v) is 2.90. The third-order valence-electron chi connectivity index (χ3n) is 4.22. The predicted octanol–water partition coefficient (Wildman–Crippen LogP) is 2.04. The zero-order valence-corrected chi connectivity index (χ0v) is 13.7. The van der Waals surface area contributed by atoms with Gasteiger partial charge in [0.1, 0.15) is 0 Å². The van der Waals surface area contributed by atoms with Gasteiger partial charge in [0.25, 0.3) is 5.56 Å². The monoisotopic (exact) mass is 292 g/mol. The molecule has 0 unspecified atom stereocenters. The number of nitrogens with zero attached hydrogens (tertiary/aromatic N) is 3. The molecule has 1 N–H and O–H groups in total. The van der Waals surface area contributed by atoms with E-state index in [-0.39, 0.29) is 17.6 Å². The highest BCUT2D eigenvalue weighted by molar-refractivity contribution is 5.37. The van der Waals surface area contributed by atoms with Crippen LogP contribution in [-0.2, 0) is 0 Å². The van der Waals surface area contributed by atoms with Crippen LogP contribution in [0.4, 0.5) is 5.82 Å². The summed E-state index contributed by atoms with van der Waals surface area (Å²) in [4.78, 5) is 19.2. The number of hydrogen-bond donors (Lipinski definition) is 1. The smallest absolute Gasteiger partial charge is 0.293 e. The summed E-state index contributed by atoms with van der Waals surface area (Å²) in [6.07, 6.45) is 5.87. The maximum atomic E-state index is 12.6. The Morgan fingerprint density at radius 3 is 2.57 bits per heavy atom. The van der Waals surface area contributed by atoms with Crippen molar-refractivity contribution in [2.75, 3.05) is 24.5 Å². The average molecular weight is 292 g/mol. The summed E-state index contributed by atoms with van der Waals surface area (Å²) < 4.78 is 1.76. The fourth-order valence-electron chi connectivity index (χ4n) is 2.90. The number of hydrogen-bond acceptors (Lipinski definition) is 4. The summed E-state index contributed by atoms with van der Waals surface area (Å²) in [5, 5.41) is 3.39. The molecule has 21 heavy (non-hydrogen) atoms. The Bertz CT molecular complexity index is 503. The van der Waals surface area contributed by atoms with E-state index in [0.29, 0.717) is 11.7 Å². The molecule has 1 fully saturated rings. The van der Waals surface area contributed by atoms with Crippen molar-refractivity contribution >= 4 is 5.82 Å². The first kappa shape index (κ1) is 16.0. The summed E-state index contributed by atoms with van der Waals surface area (Å²) in [5.74, 6) is 1.24. The van der Waals surface area contributed by atoms with Crippen LogP contribution in [0.25, 0.3) is 0 Å². The Kier molecular flexibility index (Phi) is 5.39. The highest BCUT2D eigenvalue weighted by Crippen LogP contribution is 2.18. The van der Waals surface area contributed by atoms with Crippen molar-refractivity contribution < 1.29 is 0 Å². The zero-order chi connectivity index (χ0) is 15.4. The number of rotatable bonds is 5. The Balaban J connectivity index is 2.25. The van der Waals surface area contributed by atoms with Gasteiger partial charge in [-0.25, -0.2) is 4.98 Å². The first-order valence-corrected chi connectivity index (χ1v) is 8.05. The summed E-state index contributed by atoms with van der Waals surface area (Å²) in [7, 11) is 0. The molecule has 0 saturated carbocycles. The number of aromatic nitrogens is 2. The standard InChI is InChI=1S/C16H28N4O/c1-12(2)19-10-9-18-15(16(19)21)20(13(3)4)11-14-5-7-17-8-6-14/h9-10,12-14,17H,5-8,11H2,1-4H3. The average Bonchev–Trinajstić information content (AvgIpc) is 2.46. The first-order chi connectivity index (χ1) is 10.0. The summed E-state index contributed by atoms with van der Waals surface area (Å²) in [6.45, 7) is 11.4. The quantitative estimate of drug-likeness (QED) is 0.902. The molecule has 0 bridgehead atoms. The lowest BCUT2D eigenvalue weighted by atomic mass is 9.97. The van der Waals surface area contributed by atoms with Crippen molar-refractivity contribution in [3.63, 3.8) is 0 Å². The van der Waals surface area contributed by atoms with E-state index in [2.05, 4.69) is 29.0 Å². The van der Waals surface area contributed by atoms with Crippen LogP contribution >= 0.6 is 0 Å². The molecule has 5 nitrogen and oxygen atoms in total. The van der Waals surface area contributed by atoms with Crippen LogP contribution in [0, 0.1) is 5.92 Å². The maximum Gasteiger partial charge on any atom is 0.293 e. The highest BCUT2D eigenvalue weighted by Gasteiger charge is 2.22. The van der Waals surface area contributed by atoms with Gasteiger partial charge in [0.2, 0.25) is 0 Å². The van der Waals surface area contributed by atoms with Crippen molar-refractivity contribution in [1.29, 1.82) is 0 Å². The molecule has 2 heterocycles. The normalized spacial score (nSPS) is 16.7. The Labute approximate surface area is 127 Å². The van der Waals surface area contributed by atoms with Gasteiger partial charge in [0.05, 0.1) is 0 Å². The molecule has 1 aromatic heterocycles. The molecule has 0 amide bonds. The second-order valence-electron chi connectivity index (χ2n) is 6.50. The molecule has 1 aromatic rings. The fraction of sp³-hybridized carbons (Fsp3) is 0.750. The highest BCUT2D eigenvalue weighted by atomic mass is 16.1. The third kappa shape index (κ3) is 3.84. The SMILES string of the molecule is CC(C)N(CC1CCNCC1)c1nccn(C(C)C)c1=O. The van der Waals surface area contributed by atoms with Gasteiger partial charge < -0.3 is 14.8 Å². The lowest BCUT2D eigenvalue weighted by Crippen LogP contribution is -2.43. The van der Waals surface area contributed by atoms with Crippen LogP contribution < -0.4 is 15.8 Å². The molecule has 0 spiro atoms. The van der Waals surface area contributed by atoms with E-state index in [1.165, 1.54) is 12.8 Å². The molecule has 0 radical (unpaired) electrons. The lowest BCUT2D eigenvalue weighted by molar-refractivity contribution is 0.366. The summed E-state index contributed by atoms with van der Waals surface area (Å²) >= 11 is 0. The van der Waals surface area contributed by atoms with E-state index in [4.69, 9.17) is 0 Å². The van der Waals surface area contributed by atoms with Crippen molar-refractivity contribution in [2.24, 2.45) is 5.92 Å². The Hall–Kier alpha value is -1.36. The second kappa shape index (κ2) is 7.07. The third-order valence-corrected chi connectivity index (χ3v) is 4.22. The topological polar surface area (TPSA) is 50.2 Å². The maximum absolute atomic E-state index is 12.6. The van der Waals surface area contributed by atoms with Crippen LogP contribution in [-0.4, -0.2) is 35.2 Å². The summed E-state index contributed by atoms with van der Waals surface area (Å²) in [6, 6.07) is 0.440. The van der Waals surface area contributed by atoms with Crippen molar-refractivity contribution in [1.82, 2.24) is 14.9 Å². The number of nitrogens with one attached hydrogen (secondary N) is 1. The molecule has 0 atom stereocenters. The molecule has 5 heteroatoms. The van der Waals surface area contributed by atoms with E-state index >= 15 is 0 Å². The minimum atomic E-state index is 0.0233. The largest absolute Gasteiger partial charge is 0.349 e. The van der Waals surface area contributed by atoms with Crippen molar-refractivity contribution in [3.8, 4) is 0 Å². The van der Waals surface area contributed by atoms with Gasteiger partial charge in [-0.05, 0) is 59.5 Å². The van der Waals surface area contributed by atoms with E-state index in [9.17, 15) is 4.79 Å². The van der Waals surface area contributed by atoms with Gasteiger partial charge in [-0.3, -0.25) is 4.79 Å². The van der Waals surface area contributed by atoms with Crippen molar-refractivity contribution in [2.45, 2.75) is 52.6 Å². The van der Waals surface area contributed by atoms with Gasteiger partial charge in [0.15, 0.2) is 5.82 Å². The van der Waals surface area contributed by atoms with Gasteiger partial charge in [-0.1, -0.05) is 0 Å². The van der Waals surface area contributed by atoms with Crippen LogP contribution in [0.2, 0.25) is 0 Å². The number of piperidine rings is 1. The second-order valence-corrected chi connectivity index (χ2v) is 6.50. The van der Waals surface area contributed by atoms with Crippen LogP contribution in [0.1, 0.15) is 46.6 Å². The van der Waals surface area contributed by atoms with Crippen LogP contribution in [0.15, 0.2) is 17.2 Å². The van der Waals surface area contributed by atoms with E-state index in [0.717, 1.165) is 19.6 Å². The minimum absolute atomic E-state index is 0.0233. The molecule has 1 saturated heterocycles. The predicted molar refractivity (Wildman–Crippen MR) is 87.0 cm³/mol. The van der Waals surface area contributed by atoms with Gasteiger partial charge in [0, 0.05) is 31.0 Å². The van der Waals surface area contributed by atoms with Gasteiger partial charge in [-0.15, -0.1) is 0 Å². The van der Waals surface area contributed by atoms with E-state index in [1.54, 1.807) is 17.0 Å². The lowest BCUT2D eigenvalue weighted by Gasteiger charge is -2.33. The molecule has 2 rings (SSSR count). The molecule has 0 aliphatic carbocycles. The van der Waals surface area contributed by atoms with Crippen LogP contribution in [0.3, 0.4) is 0 Å². The summed E-state index contributed by atoms with van der Waals surface area (Å²) in [5.41, 5.74) is 0.0233. The molecule has 1 aliphatic heterocycles. The molecule has 118 valence electrons.